The van der Waals surface area contributed by atoms with Crippen molar-refractivity contribution in [3.63, 3.8) is 0 Å². The molecule has 1 atom stereocenters. The van der Waals surface area contributed by atoms with Gasteiger partial charge in [-0.15, -0.1) is 0 Å². The normalized spacial score (nSPS) is 12.4. The van der Waals surface area contributed by atoms with Gasteiger partial charge >= 0.3 is 0 Å². The molecule has 1 heterocycles. The predicted molar refractivity (Wildman–Crippen MR) is 79.2 cm³/mol. The third kappa shape index (κ3) is 3.58. The number of nitrogens with zero attached hydrogens (tertiary/aromatic N) is 3. The number of hydrogen-bond acceptors (Lipinski definition) is 3. The molecule has 2 N–H and O–H groups in total. The number of benzene rings is 1. The molecule has 0 aliphatic carbocycles. The summed E-state index contributed by atoms with van der Waals surface area (Å²) >= 11 is 0. The molecule has 2 rings (SSSR count). The summed E-state index contributed by atoms with van der Waals surface area (Å²) in [5, 5.41) is 0. The van der Waals surface area contributed by atoms with Crippen LogP contribution in [0, 0.1) is 0 Å². The molecule has 0 aliphatic heterocycles. The molecule has 0 fully saturated rings. The Kier molecular flexibility index (Phi) is 4.58. The number of nitrogens with two attached hydrogens (primary N) is 1. The van der Waals surface area contributed by atoms with Gasteiger partial charge in [0.2, 0.25) is 0 Å². The molecule has 0 radical (unpaired) electrons. The van der Waals surface area contributed by atoms with Crippen molar-refractivity contribution >= 4 is 5.69 Å². The zero-order valence-corrected chi connectivity index (χ0v) is 11.7. The van der Waals surface area contributed by atoms with Crippen molar-refractivity contribution in [1.82, 2.24) is 9.55 Å². The average Bonchev–Trinajstić information content (AvgIpc) is 2.88. The molecule has 1 aromatic carbocycles. The summed E-state index contributed by atoms with van der Waals surface area (Å²) in [6.07, 6.45) is 4.79. The van der Waals surface area contributed by atoms with Crippen molar-refractivity contribution in [3.8, 4) is 0 Å². The van der Waals surface area contributed by atoms with Crippen molar-refractivity contribution in [2.45, 2.75) is 25.9 Å². The molecule has 0 bridgehead atoms. The van der Waals surface area contributed by atoms with Gasteiger partial charge in [0, 0.05) is 38.1 Å². The van der Waals surface area contributed by atoms with Crippen LogP contribution >= 0.6 is 0 Å². The van der Waals surface area contributed by atoms with E-state index in [0.717, 1.165) is 25.2 Å². The molecule has 0 spiro atoms. The highest BCUT2D eigenvalue weighted by atomic mass is 15.1. The molecule has 0 amide bonds. The first-order valence-corrected chi connectivity index (χ1v) is 6.70. The minimum Gasteiger partial charge on any atom is -0.375 e. The summed E-state index contributed by atoms with van der Waals surface area (Å²) in [5.74, 6) is 0. The summed E-state index contributed by atoms with van der Waals surface area (Å²) in [5.41, 5.74) is 8.26. The molecule has 0 saturated heterocycles. The predicted octanol–water partition coefficient (Wildman–Crippen LogP) is 2.43. The van der Waals surface area contributed by atoms with E-state index in [2.05, 4.69) is 45.8 Å². The maximum absolute atomic E-state index is 5.91. The van der Waals surface area contributed by atoms with Crippen molar-refractivity contribution in [1.29, 1.82) is 0 Å². The van der Waals surface area contributed by atoms with Crippen LogP contribution in [0.15, 0.2) is 42.9 Å². The smallest absolute Gasteiger partial charge is 0.0948 e. The maximum atomic E-state index is 5.91. The Hall–Kier alpha value is -1.81. The van der Waals surface area contributed by atoms with Gasteiger partial charge in [-0.05, 0) is 25.5 Å². The highest BCUT2D eigenvalue weighted by molar-refractivity contribution is 5.44. The number of aromatic nitrogens is 2. The summed E-state index contributed by atoms with van der Waals surface area (Å²) in [6.45, 7) is 3.96. The van der Waals surface area contributed by atoms with E-state index in [1.165, 1.54) is 5.69 Å². The number of para-hydroxylation sites is 1. The van der Waals surface area contributed by atoms with E-state index in [-0.39, 0.29) is 6.04 Å². The van der Waals surface area contributed by atoms with Gasteiger partial charge in [-0.25, -0.2) is 4.98 Å². The molecule has 2 aromatic rings. The minimum absolute atomic E-state index is 0.0364. The number of aryl methyl sites for hydroxylation is 1. The first kappa shape index (κ1) is 13.6. The molecule has 102 valence electrons. The molecule has 0 aliphatic rings. The highest BCUT2D eigenvalue weighted by Gasteiger charge is 2.06. The third-order valence-electron chi connectivity index (χ3n) is 3.30. The molecule has 0 saturated carbocycles. The van der Waals surface area contributed by atoms with Crippen LogP contribution in [0.3, 0.4) is 0 Å². The molecule has 1 aromatic heterocycles. The summed E-state index contributed by atoms with van der Waals surface area (Å²) in [7, 11) is 2.12. The lowest BCUT2D eigenvalue weighted by atomic mass is 10.2. The Morgan fingerprint density at radius 3 is 2.74 bits per heavy atom. The summed E-state index contributed by atoms with van der Waals surface area (Å²) < 4.78 is 2.14. The van der Waals surface area contributed by atoms with Crippen LogP contribution in [0.1, 0.15) is 25.1 Å². The van der Waals surface area contributed by atoms with Crippen LogP contribution in [0.4, 0.5) is 5.69 Å². The lowest BCUT2D eigenvalue weighted by Crippen LogP contribution is -2.20. The number of hydrogen-bond donors (Lipinski definition) is 1. The Bertz CT molecular complexity index is 490. The third-order valence-corrected chi connectivity index (χ3v) is 3.30. The van der Waals surface area contributed by atoms with Crippen molar-refractivity contribution in [2.24, 2.45) is 5.73 Å². The van der Waals surface area contributed by atoms with E-state index < -0.39 is 0 Å². The summed E-state index contributed by atoms with van der Waals surface area (Å²) in [4.78, 5) is 6.44. The van der Waals surface area contributed by atoms with E-state index in [0.29, 0.717) is 0 Å². The number of rotatable bonds is 6. The SMILES string of the molecule is C[C@H](N)c1cncn1CCCN(C)c1ccccc1. The fourth-order valence-electron chi connectivity index (χ4n) is 2.19. The molecule has 0 unspecified atom stereocenters. The first-order chi connectivity index (χ1) is 9.18. The Balaban J connectivity index is 1.85. The molecule has 19 heavy (non-hydrogen) atoms. The van der Waals surface area contributed by atoms with Gasteiger partial charge in [-0.2, -0.15) is 0 Å². The standard InChI is InChI=1S/C15H22N4/c1-13(16)15-11-17-12-19(15)10-6-9-18(2)14-7-4-3-5-8-14/h3-5,7-8,11-13H,6,9-10,16H2,1-2H3/t13-/m0/s1. The average molecular weight is 258 g/mol. The zero-order chi connectivity index (χ0) is 13.7. The van der Waals surface area contributed by atoms with Crippen LogP contribution < -0.4 is 10.6 Å². The maximum Gasteiger partial charge on any atom is 0.0948 e. The molecule has 4 nitrogen and oxygen atoms in total. The van der Waals surface area contributed by atoms with E-state index in [1.54, 1.807) is 0 Å². The largest absolute Gasteiger partial charge is 0.375 e. The van der Waals surface area contributed by atoms with E-state index in [1.807, 2.05) is 25.5 Å². The fourth-order valence-corrected chi connectivity index (χ4v) is 2.19. The van der Waals surface area contributed by atoms with Crippen LogP contribution in [-0.4, -0.2) is 23.1 Å². The monoisotopic (exact) mass is 258 g/mol. The van der Waals surface area contributed by atoms with Gasteiger partial charge in [-0.1, -0.05) is 18.2 Å². The van der Waals surface area contributed by atoms with Crippen molar-refractivity contribution in [2.75, 3.05) is 18.5 Å². The highest BCUT2D eigenvalue weighted by Crippen LogP contribution is 2.13. The van der Waals surface area contributed by atoms with Gasteiger partial charge in [0.25, 0.3) is 0 Å². The number of imidazole rings is 1. The summed E-state index contributed by atoms with van der Waals surface area (Å²) in [6, 6.07) is 10.5. The fraction of sp³-hybridized carbons (Fsp3) is 0.400. The topological polar surface area (TPSA) is 47.1 Å². The Morgan fingerprint density at radius 1 is 1.32 bits per heavy atom. The lowest BCUT2D eigenvalue weighted by molar-refractivity contribution is 0.591. The van der Waals surface area contributed by atoms with Gasteiger partial charge in [0.05, 0.1) is 12.0 Å². The first-order valence-electron chi connectivity index (χ1n) is 6.70. The van der Waals surface area contributed by atoms with Crippen molar-refractivity contribution < 1.29 is 0 Å². The van der Waals surface area contributed by atoms with E-state index in [4.69, 9.17) is 5.73 Å². The number of anilines is 1. The quantitative estimate of drug-likeness (QED) is 0.865. The second-order valence-corrected chi connectivity index (χ2v) is 4.91. The molecular weight excluding hydrogens is 236 g/mol. The van der Waals surface area contributed by atoms with E-state index >= 15 is 0 Å². The minimum atomic E-state index is 0.0364. The van der Waals surface area contributed by atoms with Crippen LogP contribution in [-0.2, 0) is 6.54 Å². The molecular formula is C15H22N4. The van der Waals surface area contributed by atoms with Crippen LogP contribution in [0.5, 0.6) is 0 Å². The van der Waals surface area contributed by atoms with Gasteiger partial charge in [0.1, 0.15) is 0 Å². The van der Waals surface area contributed by atoms with E-state index in [9.17, 15) is 0 Å². The van der Waals surface area contributed by atoms with Crippen molar-refractivity contribution in [3.05, 3.63) is 48.5 Å². The second-order valence-electron chi connectivity index (χ2n) is 4.91. The lowest BCUT2D eigenvalue weighted by Gasteiger charge is -2.19. The van der Waals surface area contributed by atoms with Crippen LogP contribution in [0.25, 0.3) is 0 Å². The van der Waals surface area contributed by atoms with Crippen LogP contribution in [0.2, 0.25) is 0 Å². The van der Waals surface area contributed by atoms with Gasteiger partial charge in [-0.3, -0.25) is 0 Å². The van der Waals surface area contributed by atoms with Gasteiger partial charge in [0.15, 0.2) is 0 Å². The Morgan fingerprint density at radius 2 is 2.05 bits per heavy atom. The van der Waals surface area contributed by atoms with Gasteiger partial charge < -0.3 is 15.2 Å². The molecule has 4 heteroatoms. The zero-order valence-electron chi connectivity index (χ0n) is 11.7. The Labute approximate surface area is 114 Å². The second kappa shape index (κ2) is 6.38.